The molecule has 0 radical (unpaired) electrons. The molecule has 2 saturated carbocycles. The third-order valence-electron chi connectivity index (χ3n) is 4.83. The van der Waals surface area contributed by atoms with Crippen LogP contribution in [0.3, 0.4) is 0 Å². The number of sulfonamides is 1. The second-order valence-corrected chi connectivity index (χ2v) is 9.20. The Morgan fingerprint density at radius 3 is 2.75 bits per heavy atom. The molecule has 6 heteroatoms. The lowest BCUT2D eigenvalue weighted by Crippen LogP contribution is -2.31. The Kier molecular flexibility index (Phi) is 3.92. The number of nitrogens with one attached hydrogen (secondary N) is 1. The van der Waals surface area contributed by atoms with Crippen molar-refractivity contribution in [3.63, 3.8) is 0 Å². The van der Waals surface area contributed by atoms with Gasteiger partial charge in [-0.2, -0.15) is 0 Å². The predicted octanol–water partition coefficient (Wildman–Crippen LogP) is 2.23. The SMILES string of the molecule is Cc1sc(CN)cc1S(=O)(=O)NCC1CC2CCC1C2. The van der Waals surface area contributed by atoms with Crippen LogP contribution in [0.5, 0.6) is 0 Å². The van der Waals surface area contributed by atoms with Crippen LogP contribution in [0.15, 0.2) is 11.0 Å². The minimum absolute atomic E-state index is 0.396. The average molecular weight is 314 g/mol. The van der Waals surface area contributed by atoms with Gasteiger partial charge in [-0.15, -0.1) is 11.3 Å². The number of hydrogen-bond acceptors (Lipinski definition) is 4. The maximum absolute atomic E-state index is 12.4. The third-order valence-corrected chi connectivity index (χ3v) is 7.59. The van der Waals surface area contributed by atoms with E-state index in [-0.39, 0.29) is 0 Å². The van der Waals surface area contributed by atoms with Crippen molar-refractivity contribution in [2.75, 3.05) is 6.54 Å². The summed E-state index contributed by atoms with van der Waals surface area (Å²) in [5.74, 6) is 2.13. The molecule has 1 heterocycles. The quantitative estimate of drug-likeness (QED) is 0.875. The molecule has 1 aromatic heterocycles. The van der Waals surface area contributed by atoms with Gasteiger partial charge in [0.15, 0.2) is 0 Å². The van der Waals surface area contributed by atoms with Gasteiger partial charge in [0.05, 0.1) is 4.90 Å². The molecule has 1 aromatic rings. The van der Waals surface area contributed by atoms with Gasteiger partial charge in [-0.3, -0.25) is 0 Å². The van der Waals surface area contributed by atoms with Crippen molar-refractivity contribution in [3.05, 3.63) is 15.8 Å². The molecule has 3 rings (SSSR count). The molecule has 0 aliphatic heterocycles. The first kappa shape index (κ1) is 14.5. The highest BCUT2D eigenvalue weighted by molar-refractivity contribution is 7.89. The Bertz CT molecular complexity index is 594. The summed E-state index contributed by atoms with van der Waals surface area (Å²) < 4.78 is 27.6. The van der Waals surface area contributed by atoms with E-state index in [1.807, 2.05) is 6.92 Å². The molecule has 2 bridgehead atoms. The predicted molar refractivity (Wildman–Crippen MR) is 81.1 cm³/mol. The summed E-state index contributed by atoms with van der Waals surface area (Å²) >= 11 is 1.47. The molecule has 20 heavy (non-hydrogen) atoms. The summed E-state index contributed by atoms with van der Waals surface area (Å²) in [5, 5.41) is 0. The van der Waals surface area contributed by atoms with Gasteiger partial charge in [0, 0.05) is 22.8 Å². The van der Waals surface area contributed by atoms with Gasteiger partial charge >= 0.3 is 0 Å². The standard InChI is InChI=1S/C14H22N2O2S2/c1-9-14(6-13(7-15)19-9)20(17,18)16-8-12-5-10-2-3-11(12)4-10/h6,10-12,16H,2-5,7-8,15H2,1H3. The number of thiophene rings is 1. The van der Waals surface area contributed by atoms with Crippen LogP contribution in [-0.2, 0) is 16.6 Å². The molecule has 0 saturated heterocycles. The zero-order valence-corrected chi connectivity index (χ0v) is 13.4. The fraction of sp³-hybridized carbons (Fsp3) is 0.714. The van der Waals surface area contributed by atoms with Crippen LogP contribution in [0, 0.1) is 24.7 Å². The van der Waals surface area contributed by atoms with E-state index >= 15 is 0 Å². The number of aryl methyl sites for hydroxylation is 1. The van der Waals surface area contributed by atoms with Crippen molar-refractivity contribution >= 4 is 21.4 Å². The summed E-state index contributed by atoms with van der Waals surface area (Å²) in [6, 6.07) is 1.71. The summed E-state index contributed by atoms with van der Waals surface area (Å²) in [6.45, 7) is 2.83. The van der Waals surface area contributed by atoms with E-state index in [0.717, 1.165) is 21.6 Å². The summed E-state index contributed by atoms with van der Waals surface area (Å²) in [4.78, 5) is 2.15. The highest BCUT2D eigenvalue weighted by Crippen LogP contribution is 2.48. The average Bonchev–Trinajstić information content (AvgIpc) is 3.10. The molecule has 3 atom stereocenters. The molecule has 4 nitrogen and oxygen atoms in total. The zero-order valence-electron chi connectivity index (χ0n) is 11.8. The van der Waals surface area contributed by atoms with Crippen LogP contribution in [0.2, 0.25) is 0 Å². The van der Waals surface area contributed by atoms with E-state index in [1.54, 1.807) is 6.07 Å². The van der Waals surface area contributed by atoms with Crippen LogP contribution in [0.4, 0.5) is 0 Å². The molecule has 0 spiro atoms. The largest absolute Gasteiger partial charge is 0.326 e. The fourth-order valence-electron chi connectivity index (χ4n) is 3.81. The monoisotopic (exact) mass is 314 g/mol. The molecule has 3 unspecified atom stereocenters. The minimum atomic E-state index is -3.38. The Labute approximate surface area is 124 Å². The molecule has 112 valence electrons. The summed E-state index contributed by atoms with van der Waals surface area (Å²) in [7, 11) is -3.38. The first-order chi connectivity index (χ1) is 9.49. The second kappa shape index (κ2) is 5.40. The van der Waals surface area contributed by atoms with Gasteiger partial charge in [0.1, 0.15) is 0 Å². The maximum Gasteiger partial charge on any atom is 0.241 e. The first-order valence-electron chi connectivity index (χ1n) is 7.28. The van der Waals surface area contributed by atoms with E-state index in [9.17, 15) is 8.42 Å². The van der Waals surface area contributed by atoms with Crippen molar-refractivity contribution in [1.29, 1.82) is 0 Å². The number of fused-ring (bicyclic) bond motifs is 2. The maximum atomic E-state index is 12.4. The lowest BCUT2D eigenvalue weighted by molar-refractivity contribution is 0.333. The van der Waals surface area contributed by atoms with Crippen LogP contribution < -0.4 is 10.5 Å². The summed E-state index contributed by atoms with van der Waals surface area (Å²) in [5.41, 5.74) is 5.59. The minimum Gasteiger partial charge on any atom is -0.326 e. The van der Waals surface area contributed by atoms with E-state index in [2.05, 4.69) is 4.72 Å². The van der Waals surface area contributed by atoms with Crippen molar-refractivity contribution in [3.8, 4) is 0 Å². The number of hydrogen-bond donors (Lipinski definition) is 2. The molecular formula is C14H22N2O2S2. The smallest absolute Gasteiger partial charge is 0.241 e. The fourth-order valence-corrected chi connectivity index (χ4v) is 6.42. The van der Waals surface area contributed by atoms with E-state index in [1.165, 1.54) is 37.0 Å². The molecule has 0 aromatic carbocycles. The van der Waals surface area contributed by atoms with Crippen LogP contribution in [0.25, 0.3) is 0 Å². The second-order valence-electron chi connectivity index (χ2n) is 6.12. The van der Waals surface area contributed by atoms with Gasteiger partial charge in [-0.1, -0.05) is 6.42 Å². The third kappa shape index (κ3) is 2.66. The van der Waals surface area contributed by atoms with Crippen molar-refractivity contribution < 1.29 is 8.42 Å². The molecule has 2 fully saturated rings. The first-order valence-corrected chi connectivity index (χ1v) is 9.58. The highest BCUT2D eigenvalue weighted by atomic mass is 32.2. The zero-order chi connectivity index (χ0) is 14.3. The van der Waals surface area contributed by atoms with E-state index < -0.39 is 10.0 Å². The van der Waals surface area contributed by atoms with Gasteiger partial charge < -0.3 is 5.73 Å². The van der Waals surface area contributed by atoms with E-state index in [4.69, 9.17) is 5.73 Å². The summed E-state index contributed by atoms with van der Waals surface area (Å²) in [6.07, 6.45) is 5.13. The van der Waals surface area contributed by atoms with Crippen LogP contribution in [-0.4, -0.2) is 15.0 Å². The molecular weight excluding hydrogens is 292 g/mol. The van der Waals surface area contributed by atoms with Crippen molar-refractivity contribution in [1.82, 2.24) is 4.72 Å². The Balaban J connectivity index is 1.67. The van der Waals surface area contributed by atoms with Gasteiger partial charge in [0.2, 0.25) is 10.0 Å². The Morgan fingerprint density at radius 2 is 2.20 bits per heavy atom. The van der Waals surface area contributed by atoms with Crippen molar-refractivity contribution in [2.24, 2.45) is 23.5 Å². The van der Waals surface area contributed by atoms with E-state index in [0.29, 0.717) is 23.9 Å². The molecule has 2 aliphatic carbocycles. The van der Waals surface area contributed by atoms with Gasteiger partial charge in [-0.25, -0.2) is 13.1 Å². The molecule has 2 aliphatic rings. The number of rotatable bonds is 5. The highest BCUT2D eigenvalue weighted by Gasteiger charge is 2.39. The normalized spacial score (nSPS) is 29.2. The van der Waals surface area contributed by atoms with Gasteiger partial charge in [-0.05, 0) is 50.0 Å². The Hall–Kier alpha value is -0.430. The lowest BCUT2D eigenvalue weighted by atomic mass is 9.89. The number of nitrogens with two attached hydrogens (primary N) is 1. The Morgan fingerprint density at radius 1 is 1.40 bits per heavy atom. The van der Waals surface area contributed by atoms with Crippen LogP contribution in [0.1, 0.15) is 35.4 Å². The molecule has 3 N–H and O–H groups in total. The van der Waals surface area contributed by atoms with Gasteiger partial charge in [0.25, 0.3) is 0 Å². The van der Waals surface area contributed by atoms with Crippen LogP contribution >= 0.6 is 11.3 Å². The topological polar surface area (TPSA) is 72.2 Å². The lowest BCUT2D eigenvalue weighted by Gasteiger charge is -2.21. The molecule has 0 amide bonds. The van der Waals surface area contributed by atoms with Crippen molar-refractivity contribution in [2.45, 2.75) is 44.0 Å².